The van der Waals surface area contributed by atoms with Crippen LogP contribution in [-0.2, 0) is 0 Å². The molecular weight excluding hydrogens is 194 g/mol. The maximum atomic E-state index is 4.33. The zero-order chi connectivity index (χ0) is 9.97. The SMILES string of the molecule is CC(C)NC1CCN(c2nccs2)C1. The second kappa shape index (κ2) is 4.28. The topological polar surface area (TPSA) is 28.2 Å². The van der Waals surface area contributed by atoms with E-state index in [0.29, 0.717) is 12.1 Å². The standard InChI is InChI=1S/C10H17N3S/c1-8(2)12-9-3-5-13(7-9)10-11-4-6-14-10/h4,6,8-9,12H,3,5,7H2,1-2H3. The van der Waals surface area contributed by atoms with Crippen molar-refractivity contribution >= 4 is 16.5 Å². The molecule has 14 heavy (non-hydrogen) atoms. The van der Waals surface area contributed by atoms with Crippen molar-refractivity contribution in [3.8, 4) is 0 Å². The summed E-state index contributed by atoms with van der Waals surface area (Å²) in [6.07, 6.45) is 3.11. The van der Waals surface area contributed by atoms with Crippen molar-refractivity contribution in [3.63, 3.8) is 0 Å². The number of hydrogen-bond donors (Lipinski definition) is 1. The van der Waals surface area contributed by atoms with Crippen LogP contribution in [0, 0.1) is 0 Å². The van der Waals surface area contributed by atoms with E-state index in [1.165, 1.54) is 6.42 Å². The molecule has 4 heteroatoms. The summed E-state index contributed by atoms with van der Waals surface area (Å²) in [5.74, 6) is 0. The monoisotopic (exact) mass is 211 g/mol. The van der Waals surface area contributed by atoms with Crippen molar-refractivity contribution in [2.75, 3.05) is 18.0 Å². The molecule has 0 spiro atoms. The number of nitrogens with zero attached hydrogens (tertiary/aromatic N) is 2. The molecule has 0 aromatic carbocycles. The van der Waals surface area contributed by atoms with Crippen LogP contribution in [0.1, 0.15) is 20.3 Å². The molecule has 2 rings (SSSR count). The van der Waals surface area contributed by atoms with E-state index in [1.54, 1.807) is 11.3 Å². The lowest BCUT2D eigenvalue weighted by Crippen LogP contribution is -2.36. The number of nitrogens with one attached hydrogen (secondary N) is 1. The van der Waals surface area contributed by atoms with Gasteiger partial charge in [-0.15, -0.1) is 11.3 Å². The summed E-state index contributed by atoms with van der Waals surface area (Å²) in [7, 11) is 0. The summed E-state index contributed by atoms with van der Waals surface area (Å²) in [4.78, 5) is 6.69. The Morgan fingerprint density at radius 2 is 2.50 bits per heavy atom. The molecule has 0 radical (unpaired) electrons. The van der Waals surface area contributed by atoms with Crippen molar-refractivity contribution in [2.24, 2.45) is 0 Å². The molecule has 0 saturated carbocycles. The average Bonchev–Trinajstić information content (AvgIpc) is 2.69. The maximum absolute atomic E-state index is 4.33. The van der Waals surface area contributed by atoms with Crippen molar-refractivity contribution in [2.45, 2.75) is 32.4 Å². The molecule has 1 atom stereocenters. The second-order valence-corrected chi connectivity index (χ2v) is 4.94. The highest BCUT2D eigenvalue weighted by atomic mass is 32.1. The van der Waals surface area contributed by atoms with Crippen LogP contribution in [0.2, 0.25) is 0 Å². The van der Waals surface area contributed by atoms with E-state index in [9.17, 15) is 0 Å². The molecule has 1 fully saturated rings. The summed E-state index contributed by atoms with van der Waals surface area (Å²) < 4.78 is 0. The first-order valence-corrected chi connectivity index (χ1v) is 6.04. The molecule has 1 aliphatic heterocycles. The fraction of sp³-hybridized carbons (Fsp3) is 0.700. The summed E-state index contributed by atoms with van der Waals surface area (Å²) in [6, 6.07) is 1.22. The predicted octanol–water partition coefficient (Wildman–Crippen LogP) is 1.72. The van der Waals surface area contributed by atoms with Gasteiger partial charge in [0, 0.05) is 36.8 Å². The minimum absolute atomic E-state index is 0.580. The number of thiazole rings is 1. The highest BCUT2D eigenvalue weighted by Crippen LogP contribution is 2.22. The van der Waals surface area contributed by atoms with E-state index in [1.807, 2.05) is 11.6 Å². The first-order chi connectivity index (χ1) is 6.75. The lowest BCUT2D eigenvalue weighted by atomic mass is 10.2. The van der Waals surface area contributed by atoms with Gasteiger partial charge in [-0.1, -0.05) is 13.8 Å². The summed E-state index contributed by atoms with van der Waals surface area (Å²) in [6.45, 7) is 6.64. The fourth-order valence-corrected chi connectivity index (χ4v) is 2.59. The molecule has 3 nitrogen and oxygen atoms in total. The van der Waals surface area contributed by atoms with E-state index in [-0.39, 0.29) is 0 Å². The van der Waals surface area contributed by atoms with E-state index >= 15 is 0 Å². The fourth-order valence-electron chi connectivity index (χ4n) is 1.91. The molecule has 1 aliphatic rings. The third kappa shape index (κ3) is 2.25. The Bertz CT molecular complexity index is 271. The van der Waals surface area contributed by atoms with Gasteiger partial charge in [-0.05, 0) is 6.42 Å². The van der Waals surface area contributed by atoms with Crippen molar-refractivity contribution < 1.29 is 0 Å². The Balaban J connectivity index is 1.89. The van der Waals surface area contributed by atoms with Crippen LogP contribution in [-0.4, -0.2) is 30.2 Å². The Kier molecular flexibility index (Phi) is 3.03. The zero-order valence-corrected chi connectivity index (χ0v) is 9.55. The van der Waals surface area contributed by atoms with Gasteiger partial charge in [-0.2, -0.15) is 0 Å². The second-order valence-electron chi connectivity index (χ2n) is 4.07. The molecule has 1 aromatic rings. The Morgan fingerprint density at radius 3 is 3.14 bits per heavy atom. The predicted molar refractivity (Wildman–Crippen MR) is 61.0 cm³/mol. The van der Waals surface area contributed by atoms with Crippen molar-refractivity contribution in [1.82, 2.24) is 10.3 Å². The van der Waals surface area contributed by atoms with Crippen molar-refractivity contribution in [1.29, 1.82) is 0 Å². The molecule has 78 valence electrons. The quantitative estimate of drug-likeness (QED) is 0.825. The Labute approximate surface area is 89.1 Å². The smallest absolute Gasteiger partial charge is 0.185 e. The van der Waals surface area contributed by atoms with Crippen LogP contribution in [0.3, 0.4) is 0 Å². The van der Waals surface area contributed by atoms with E-state index in [0.717, 1.165) is 18.2 Å². The van der Waals surface area contributed by atoms with Gasteiger partial charge in [0.15, 0.2) is 5.13 Å². The van der Waals surface area contributed by atoms with Gasteiger partial charge in [-0.25, -0.2) is 4.98 Å². The molecule has 2 heterocycles. The van der Waals surface area contributed by atoms with E-state index in [4.69, 9.17) is 0 Å². The number of aromatic nitrogens is 1. The van der Waals surface area contributed by atoms with Crippen LogP contribution in [0.5, 0.6) is 0 Å². The van der Waals surface area contributed by atoms with Crippen LogP contribution in [0.4, 0.5) is 5.13 Å². The number of anilines is 1. The Hall–Kier alpha value is -0.610. The minimum atomic E-state index is 0.580. The number of hydrogen-bond acceptors (Lipinski definition) is 4. The molecule has 0 bridgehead atoms. The van der Waals surface area contributed by atoms with E-state index < -0.39 is 0 Å². The molecule has 1 saturated heterocycles. The summed E-state index contributed by atoms with van der Waals surface area (Å²) in [5.41, 5.74) is 0. The zero-order valence-electron chi connectivity index (χ0n) is 8.73. The van der Waals surface area contributed by atoms with Crippen LogP contribution < -0.4 is 10.2 Å². The molecular formula is C10H17N3S. The Morgan fingerprint density at radius 1 is 1.64 bits per heavy atom. The highest BCUT2D eigenvalue weighted by molar-refractivity contribution is 7.13. The molecule has 0 amide bonds. The van der Waals surface area contributed by atoms with Gasteiger partial charge in [0.05, 0.1) is 0 Å². The van der Waals surface area contributed by atoms with Gasteiger partial charge >= 0.3 is 0 Å². The van der Waals surface area contributed by atoms with Crippen LogP contribution in [0.25, 0.3) is 0 Å². The van der Waals surface area contributed by atoms with Gasteiger partial charge in [0.2, 0.25) is 0 Å². The summed E-state index contributed by atoms with van der Waals surface area (Å²) >= 11 is 1.73. The van der Waals surface area contributed by atoms with Crippen LogP contribution in [0.15, 0.2) is 11.6 Å². The van der Waals surface area contributed by atoms with Gasteiger partial charge in [0.25, 0.3) is 0 Å². The van der Waals surface area contributed by atoms with Gasteiger partial charge in [-0.3, -0.25) is 0 Å². The third-order valence-corrected chi connectivity index (χ3v) is 3.28. The lowest BCUT2D eigenvalue weighted by Gasteiger charge is -2.17. The molecule has 1 N–H and O–H groups in total. The first-order valence-electron chi connectivity index (χ1n) is 5.16. The summed E-state index contributed by atoms with van der Waals surface area (Å²) in [5, 5.41) is 6.77. The highest BCUT2D eigenvalue weighted by Gasteiger charge is 2.23. The lowest BCUT2D eigenvalue weighted by molar-refractivity contribution is 0.492. The largest absolute Gasteiger partial charge is 0.346 e. The normalized spacial score (nSPS) is 22.2. The minimum Gasteiger partial charge on any atom is -0.346 e. The first kappa shape index (κ1) is 9.93. The number of rotatable bonds is 3. The van der Waals surface area contributed by atoms with Gasteiger partial charge in [0.1, 0.15) is 0 Å². The third-order valence-electron chi connectivity index (χ3n) is 2.45. The maximum Gasteiger partial charge on any atom is 0.185 e. The molecule has 0 aliphatic carbocycles. The van der Waals surface area contributed by atoms with Crippen molar-refractivity contribution in [3.05, 3.63) is 11.6 Å². The average molecular weight is 211 g/mol. The van der Waals surface area contributed by atoms with Gasteiger partial charge < -0.3 is 10.2 Å². The molecule has 1 aromatic heterocycles. The molecule has 1 unspecified atom stereocenters. The van der Waals surface area contributed by atoms with E-state index in [2.05, 4.69) is 29.0 Å². The van der Waals surface area contributed by atoms with Crippen LogP contribution >= 0.6 is 11.3 Å².